The van der Waals surface area contributed by atoms with E-state index in [9.17, 15) is 0 Å². The molecule has 0 nitrogen and oxygen atoms in total. The molecule has 4 aromatic rings. The van der Waals surface area contributed by atoms with Gasteiger partial charge in [0.25, 0.3) is 0 Å². The summed E-state index contributed by atoms with van der Waals surface area (Å²) in [6.07, 6.45) is 8.25. The molecule has 171 valence electrons. The normalized spacial score (nSPS) is 15.3. The van der Waals surface area contributed by atoms with Gasteiger partial charge in [0.15, 0.2) is 0 Å². The Bertz CT molecular complexity index is 1290. The summed E-state index contributed by atoms with van der Waals surface area (Å²) in [4.78, 5) is 0. The van der Waals surface area contributed by atoms with Gasteiger partial charge < -0.3 is 0 Å². The van der Waals surface area contributed by atoms with Crippen LogP contribution in [0.3, 0.4) is 0 Å². The first-order valence-corrected chi connectivity index (χ1v) is 25.0. The topological polar surface area (TPSA) is 0 Å². The minimum absolute atomic E-state index is 0. The van der Waals surface area contributed by atoms with Crippen molar-refractivity contribution in [1.82, 2.24) is 0 Å². The Hall–Kier alpha value is -1.96. The van der Waals surface area contributed by atoms with Crippen LogP contribution in [0.15, 0.2) is 131 Å². The fourth-order valence-corrected chi connectivity index (χ4v) is 34.8. The summed E-state index contributed by atoms with van der Waals surface area (Å²) in [5.41, 5.74) is 5.94. The molecule has 4 heteroatoms. The molecule has 0 N–H and O–H groups in total. The van der Waals surface area contributed by atoms with Gasteiger partial charge in [0, 0.05) is 0 Å². The minimum atomic E-state index is -4.06. The molecule has 0 aliphatic heterocycles. The molecule has 6 rings (SSSR count). The van der Waals surface area contributed by atoms with Gasteiger partial charge in [-0.2, -0.15) is 0 Å². The van der Waals surface area contributed by atoms with Crippen molar-refractivity contribution in [2.75, 3.05) is 0 Å². The Kier molecular flexibility index (Phi) is 7.09. The first-order chi connectivity index (χ1) is 15.7. The molecule has 2 aliphatic rings. The molecule has 0 unspecified atom stereocenters. The van der Waals surface area contributed by atoms with Gasteiger partial charge in [0.05, 0.1) is 0 Å². The van der Waals surface area contributed by atoms with Gasteiger partial charge in [-0.1, -0.05) is 0 Å². The molecule has 0 saturated carbocycles. The number of fused-ring (bicyclic) bond motifs is 3. The van der Waals surface area contributed by atoms with Gasteiger partial charge in [0.2, 0.25) is 0 Å². The van der Waals surface area contributed by atoms with Crippen LogP contribution >= 0.6 is 24.8 Å². The van der Waals surface area contributed by atoms with Crippen LogP contribution in [0.1, 0.15) is 21.2 Å². The quantitative estimate of drug-likeness (QED) is 0.258. The number of halogens is 2. The maximum absolute atomic E-state index is 4.06. The van der Waals surface area contributed by atoms with Crippen molar-refractivity contribution < 1.29 is 17.9 Å². The third-order valence-corrected chi connectivity index (χ3v) is 41.2. The predicted octanol–water partition coefficient (Wildman–Crippen LogP) is 6.06. The average Bonchev–Trinajstić information content (AvgIpc) is 3.53. The molecular weight excluding hydrogens is 551 g/mol. The number of rotatable bonds is 4. The molecule has 2 aliphatic carbocycles. The Morgan fingerprint density at radius 3 is 1.47 bits per heavy atom. The Morgan fingerprint density at radius 2 is 1.03 bits per heavy atom. The molecule has 0 bridgehead atoms. The van der Waals surface area contributed by atoms with Crippen LogP contribution in [0.5, 0.6) is 0 Å². The van der Waals surface area contributed by atoms with E-state index in [4.69, 9.17) is 0 Å². The zero-order valence-corrected chi connectivity index (χ0v) is 25.3. The van der Waals surface area contributed by atoms with Crippen molar-refractivity contribution >= 4 is 38.7 Å². The van der Waals surface area contributed by atoms with Crippen LogP contribution in [0.25, 0.3) is 11.1 Å². The van der Waals surface area contributed by atoms with E-state index in [0.29, 0.717) is 3.63 Å². The van der Waals surface area contributed by atoms with Crippen molar-refractivity contribution in [1.29, 1.82) is 0 Å². The maximum atomic E-state index is 2.49. The second-order valence-electron chi connectivity index (χ2n) is 9.51. The van der Waals surface area contributed by atoms with Crippen molar-refractivity contribution in [3.63, 3.8) is 0 Å². The zero-order chi connectivity index (χ0) is 21.6. The Labute approximate surface area is 218 Å². The van der Waals surface area contributed by atoms with E-state index in [-0.39, 0.29) is 24.8 Å². The van der Waals surface area contributed by atoms with Crippen LogP contribution < -0.4 is 6.54 Å². The fourth-order valence-electron chi connectivity index (χ4n) is 6.65. The molecule has 34 heavy (non-hydrogen) atoms. The fraction of sp³-hybridized carbons (Fsp3) is 0.0667. The molecule has 0 heterocycles. The molecule has 0 saturated heterocycles. The van der Waals surface area contributed by atoms with Crippen LogP contribution in [0.4, 0.5) is 0 Å². The Balaban J connectivity index is 0.00000137. The van der Waals surface area contributed by atoms with E-state index in [2.05, 4.69) is 127 Å². The molecule has 0 aromatic heterocycles. The molecule has 0 amide bonds. The number of benzene rings is 4. The van der Waals surface area contributed by atoms with Gasteiger partial charge in [0.1, 0.15) is 0 Å². The summed E-state index contributed by atoms with van der Waals surface area (Å²) in [5.74, 6) is 0. The molecule has 0 spiro atoms. The molecular formula is C30H29Cl2SiZr. The Morgan fingerprint density at radius 1 is 0.588 bits per heavy atom. The third-order valence-electron chi connectivity index (χ3n) is 8.19. The van der Waals surface area contributed by atoms with E-state index in [0.717, 1.165) is 13.8 Å². The number of hydrogen-bond acceptors (Lipinski definition) is 0. The van der Waals surface area contributed by atoms with Crippen molar-refractivity contribution in [3.8, 4) is 11.1 Å². The van der Waals surface area contributed by atoms with Gasteiger partial charge in [-0.3, -0.25) is 0 Å². The average molecular weight is 580 g/mol. The number of hydrogen-bond donors (Lipinski definition) is 0. The van der Waals surface area contributed by atoms with Crippen LogP contribution in [-0.2, 0) is 17.9 Å². The van der Waals surface area contributed by atoms with Crippen molar-refractivity contribution in [2.45, 2.75) is 10.0 Å². The second kappa shape index (κ2) is 9.59. The summed E-state index contributed by atoms with van der Waals surface area (Å²) < 4.78 is 5.37. The van der Waals surface area contributed by atoms with Gasteiger partial charge in [-0.25, -0.2) is 0 Å². The van der Waals surface area contributed by atoms with E-state index in [1.165, 1.54) is 22.3 Å². The van der Waals surface area contributed by atoms with Gasteiger partial charge in [-0.15, -0.1) is 24.8 Å². The summed E-state index contributed by atoms with van der Waals surface area (Å²) in [7, 11) is 1.15. The van der Waals surface area contributed by atoms with Gasteiger partial charge >= 0.3 is 195 Å². The molecule has 0 radical (unpaired) electrons. The summed E-state index contributed by atoms with van der Waals surface area (Å²) in [6, 6.07) is 41.6. The summed E-state index contributed by atoms with van der Waals surface area (Å²) >= 11 is -4.06. The standard InChI is InChI=1S/C13H9.2C6H5.C5H5.2ClH.H3Si.Zr/c1-3-7-12-10(5-1)9-11-6-2-4-8-13(11)12;2*1-2-4-6-5-3-1;1-2-4-5-3-1;;;;/h1-9H;2*1-5H;1-3H,4H2;2*1H;1H3;. The molecule has 4 aromatic carbocycles. The zero-order valence-electron chi connectivity index (χ0n) is 19.2. The van der Waals surface area contributed by atoms with Crippen molar-refractivity contribution in [2.24, 2.45) is 0 Å². The third kappa shape index (κ3) is 3.34. The molecule has 0 fully saturated rings. The summed E-state index contributed by atoms with van der Waals surface area (Å²) in [6.45, 7) is 0. The van der Waals surface area contributed by atoms with Gasteiger partial charge in [-0.05, 0) is 0 Å². The van der Waals surface area contributed by atoms with Crippen LogP contribution in [-0.4, -0.2) is 7.37 Å². The van der Waals surface area contributed by atoms with Crippen molar-refractivity contribution in [3.05, 3.63) is 142 Å². The van der Waals surface area contributed by atoms with E-state index in [1.54, 1.807) is 9.82 Å². The predicted molar refractivity (Wildman–Crippen MR) is 152 cm³/mol. The number of allylic oxidation sites excluding steroid dienone is 4. The van der Waals surface area contributed by atoms with E-state index >= 15 is 0 Å². The first-order valence-electron chi connectivity index (χ1n) is 11.6. The monoisotopic (exact) mass is 577 g/mol. The van der Waals surface area contributed by atoms with E-state index in [1.807, 2.05) is 0 Å². The SMILES string of the molecule is Cl.Cl.[SiH3][Zr]([C]1=CC=CC1)([c]1ccccc1)([c]1ccccc1)[CH]1c2ccccc2-c2ccccc21. The van der Waals surface area contributed by atoms with Crippen LogP contribution in [0.2, 0.25) is 0 Å². The molecule has 0 atom stereocenters. The first kappa shape index (κ1) is 25.1. The van der Waals surface area contributed by atoms with E-state index < -0.39 is 17.9 Å². The second-order valence-corrected chi connectivity index (χ2v) is 36.7. The van der Waals surface area contributed by atoms with Crippen LogP contribution in [0, 0.1) is 0 Å². The summed E-state index contributed by atoms with van der Waals surface area (Å²) in [5, 5.41) is 0.